The van der Waals surface area contributed by atoms with Crippen LogP contribution in [0.25, 0.3) is 11.0 Å². The maximum absolute atomic E-state index is 13.6. The van der Waals surface area contributed by atoms with Gasteiger partial charge in [0.2, 0.25) is 10.0 Å². The van der Waals surface area contributed by atoms with Crippen molar-refractivity contribution < 1.29 is 13.2 Å². The van der Waals surface area contributed by atoms with Crippen LogP contribution >= 0.6 is 0 Å². The molecule has 0 spiro atoms. The summed E-state index contributed by atoms with van der Waals surface area (Å²) in [5.41, 5.74) is 6.89. The molecule has 2 heterocycles. The Labute approximate surface area is 195 Å². The minimum Gasteiger partial charge on any atom is -0.336 e. The standard InChI is InChI=1S/C24H31N5O3S/c1-7-29-22-9-8-20(14-21(22)25-26-29)24(30)27-10-12-28(13-11-27)33(31,32)23-18(5)16(3)15(2)17(4)19(23)6/h8-9,14H,7,10-13H2,1-6H3. The molecule has 2 aromatic carbocycles. The second kappa shape index (κ2) is 8.53. The van der Waals surface area contributed by atoms with Crippen LogP contribution in [0.4, 0.5) is 0 Å². The van der Waals surface area contributed by atoms with Gasteiger partial charge in [-0.2, -0.15) is 4.31 Å². The van der Waals surface area contributed by atoms with E-state index < -0.39 is 10.0 Å². The molecule has 0 radical (unpaired) electrons. The zero-order valence-corrected chi connectivity index (χ0v) is 21.0. The summed E-state index contributed by atoms with van der Waals surface area (Å²) in [6, 6.07) is 5.40. The lowest BCUT2D eigenvalue weighted by molar-refractivity contribution is 0.0698. The molecule has 0 aliphatic carbocycles. The summed E-state index contributed by atoms with van der Waals surface area (Å²) in [5.74, 6) is -0.116. The molecule has 0 bridgehead atoms. The molecule has 1 aliphatic rings. The molecule has 1 aliphatic heterocycles. The van der Waals surface area contributed by atoms with Crippen LogP contribution in [0.15, 0.2) is 23.1 Å². The van der Waals surface area contributed by atoms with Crippen molar-refractivity contribution in [2.45, 2.75) is 53.0 Å². The van der Waals surface area contributed by atoms with E-state index in [-0.39, 0.29) is 19.0 Å². The van der Waals surface area contributed by atoms with Gasteiger partial charge in [0.05, 0.1) is 10.4 Å². The summed E-state index contributed by atoms with van der Waals surface area (Å²) in [4.78, 5) is 15.2. The summed E-state index contributed by atoms with van der Waals surface area (Å²) < 4.78 is 30.4. The van der Waals surface area contributed by atoms with Crippen LogP contribution in [-0.2, 0) is 16.6 Å². The number of nitrogens with zero attached hydrogens (tertiary/aromatic N) is 5. The molecule has 176 valence electrons. The predicted molar refractivity (Wildman–Crippen MR) is 128 cm³/mol. The summed E-state index contributed by atoms with van der Waals surface area (Å²) in [7, 11) is -3.65. The van der Waals surface area contributed by atoms with Crippen LogP contribution in [0.1, 0.15) is 45.1 Å². The average Bonchev–Trinajstić information content (AvgIpc) is 3.23. The first-order valence-corrected chi connectivity index (χ1v) is 12.7. The van der Waals surface area contributed by atoms with Gasteiger partial charge in [-0.15, -0.1) is 5.10 Å². The van der Waals surface area contributed by atoms with Crippen molar-refractivity contribution in [2.24, 2.45) is 0 Å². The van der Waals surface area contributed by atoms with Gasteiger partial charge in [-0.3, -0.25) is 4.79 Å². The normalized spacial score (nSPS) is 15.4. The fourth-order valence-electron chi connectivity index (χ4n) is 4.63. The maximum atomic E-state index is 13.6. The highest BCUT2D eigenvalue weighted by Crippen LogP contribution is 2.32. The second-order valence-corrected chi connectivity index (χ2v) is 10.6. The Morgan fingerprint density at radius 1 is 0.909 bits per heavy atom. The van der Waals surface area contributed by atoms with Gasteiger partial charge in [0.1, 0.15) is 5.52 Å². The lowest BCUT2D eigenvalue weighted by Crippen LogP contribution is -2.50. The number of benzene rings is 2. The van der Waals surface area contributed by atoms with Crippen molar-refractivity contribution in [1.29, 1.82) is 0 Å². The smallest absolute Gasteiger partial charge is 0.254 e. The molecule has 1 aromatic heterocycles. The highest BCUT2D eigenvalue weighted by Gasteiger charge is 2.33. The molecule has 8 nitrogen and oxygen atoms in total. The van der Waals surface area contributed by atoms with Crippen molar-refractivity contribution in [1.82, 2.24) is 24.2 Å². The molecule has 0 N–H and O–H groups in total. The summed E-state index contributed by atoms with van der Waals surface area (Å²) in [6.07, 6.45) is 0. The van der Waals surface area contributed by atoms with Gasteiger partial charge in [-0.25, -0.2) is 13.1 Å². The fraction of sp³-hybridized carbons (Fsp3) is 0.458. The number of fused-ring (bicyclic) bond motifs is 1. The third-order valence-corrected chi connectivity index (χ3v) is 9.29. The minimum absolute atomic E-state index is 0.116. The van der Waals surface area contributed by atoms with E-state index in [0.717, 1.165) is 33.3 Å². The molecule has 3 aromatic rings. The van der Waals surface area contributed by atoms with Gasteiger partial charge >= 0.3 is 0 Å². The number of rotatable bonds is 4. The molecular formula is C24H31N5O3S. The first-order chi connectivity index (χ1) is 15.6. The quantitative estimate of drug-likeness (QED) is 0.586. The molecule has 1 amide bonds. The Kier molecular flexibility index (Phi) is 6.05. The van der Waals surface area contributed by atoms with Crippen molar-refractivity contribution in [3.8, 4) is 0 Å². The number of carbonyl (C=O) groups excluding carboxylic acids is 1. The topological polar surface area (TPSA) is 88.4 Å². The van der Waals surface area contributed by atoms with Crippen molar-refractivity contribution in [2.75, 3.05) is 26.2 Å². The van der Waals surface area contributed by atoms with E-state index in [1.165, 1.54) is 4.31 Å². The van der Waals surface area contributed by atoms with E-state index >= 15 is 0 Å². The molecule has 1 fully saturated rings. The highest BCUT2D eigenvalue weighted by atomic mass is 32.2. The van der Waals surface area contributed by atoms with Crippen molar-refractivity contribution in [3.05, 3.63) is 51.6 Å². The second-order valence-electron chi connectivity index (χ2n) is 8.76. The van der Waals surface area contributed by atoms with Gasteiger partial charge in [-0.05, 0) is 87.6 Å². The average molecular weight is 470 g/mol. The third-order valence-electron chi connectivity index (χ3n) is 7.12. The van der Waals surface area contributed by atoms with Crippen LogP contribution in [0, 0.1) is 34.6 Å². The van der Waals surface area contributed by atoms with Gasteiger partial charge < -0.3 is 4.90 Å². The van der Waals surface area contributed by atoms with Gasteiger partial charge in [0.25, 0.3) is 5.91 Å². The highest BCUT2D eigenvalue weighted by molar-refractivity contribution is 7.89. The molecule has 1 saturated heterocycles. The molecule has 33 heavy (non-hydrogen) atoms. The number of hydrogen-bond donors (Lipinski definition) is 0. The van der Waals surface area contributed by atoms with Crippen LogP contribution < -0.4 is 0 Å². The van der Waals surface area contributed by atoms with Gasteiger partial charge in [0.15, 0.2) is 0 Å². The number of aromatic nitrogens is 3. The first kappa shape index (κ1) is 23.4. The molecule has 0 unspecified atom stereocenters. The van der Waals surface area contributed by atoms with E-state index in [1.807, 2.05) is 47.6 Å². The molecule has 4 rings (SSSR count). The van der Waals surface area contributed by atoms with E-state index in [0.29, 0.717) is 35.6 Å². The van der Waals surface area contributed by atoms with Crippen LogP contribution in [0.3, 0.4) is 0 Å². The van der Waals surface area contributed by atoms with Crippen LogP contribution in [0.5, 0.6) is 0 Å². The number of aryl methyl sites for hydroxylation is 1. The van der Waals surface area contributed by atoms with Gasteiger partial charge in [0, 0.05) is 38.3 Å². The summed E-state index contributed by atoms with van der Waals surface area (Å²) >= 11 is 0. The van der Waals surface area contributed by atoms with Gasteiger partial charge in [-0.1, -0.05) is 5.21 Å². The summed E-state index contributed by atoms with van der Waals surface area (Å²) in [6.45, 7) is 13.7. The predicted octanol–water partition coefficient (Wildman–Crippen LogP) is 3.14. The van der Waals surface area contributed by atoms with E-state index in [4.69, 9.17) is 0 Å². The zero-order valence-electron chi connectivity index (χ0n) is 20.1. The maximum Gasteiger partial charge on any atom is 0.254 e. The lowest BCUT2D eigenvalue weighted by atomic mass is 9.95. The Balaban J connectivity index is 1.54. The molecule has 9 heteroatoms. The fourth-order valence-corrected chi connectivity index (χ4v) is 6.62. The Morgan fingerprint density at radius 2 is 1.48 bits per heavy atom. The van der Waals surface area contributed by atoms with Crippen molar-refractivity contribution >= 4 is 27.0 Å². The number of carbonyl (C=O) groups is 1. The first-order valence-electron chi connectivity index (χ1n) is 11.3. The van der Waals surface area contributed by atoms with Crippen LogP contribution in [0.2, 0.25) is 0 Å². The lowest BCUT2D eigenvalue weighted by Gasteiger charge is -2.35. The SMILES string of the molecule is CCn1nnc2cc(C(=O)N3CCN(S(=O)(=O)c4c(C)c(C)c(C)c(C)c4C)CC3)ccc21. The van der Waals surface area contributed by atoms with E-state index in [2.05, 4.69) is 10.3 Å². The van der Waals surface area contributed by atoms with Crippen LogP contribution in [-0.4, -0.2) is 64.7 Å². The Hall–Kier alpha value is -2.78. The third kappa shape index (κ3) is 3.83. The Morgan fingerprint density at radius 3 is 2.06 bits per heavy atom. The molecule has 0 saturated carbocycles. The zero-order chi connectivity index (χ0) is 24.1. The molecular weight excluding hydrogens is 438 g/mol. The number of piperazine rings is 1. The van der Waals surface area contributed by atoms with Crippen molar-refractivity contribution in [3.63, 3.8) is 0 Å². The Bertz CT molecular complexity index is 1320. The largest absolute Gasteiger partial charge is 0.336 e. The minimum atomic E-state index is -3.65. The van der Waals surface area contributed by atoms with E-state index in [9.17, 15) is 13.2 Å². The van der Waals surface area contributed by atoms with E-state index in [1.54, 1.807) is 21.7 Å². The number of sulfonamides is 1. The summed E-state index contributed by atoms with van der Waals surface area (Å²) in [5, 5.41) is 8.24. The number of amides is 1. The number of hydrogen-bond acceptors (Lipinski definition) is 5. The monoisotopic (exact) mass is 469 g/mol. The molecule has 0 atom stereocenters.